The average Bonchev–Trinajstić information content (AvgIpc) is 2.86. The van der Waals surface area contributed by atoms with E-state index in [1.807, 2.05) is 17.9 Å². The summed E-state index contributed by atoms with van der Waals surface area (Å²) in [5.41, 5.74) is 3.74. The van der Waals surface area contributed by atoms with E-state index in [0.29, 0.717) is 0 Å². The molecule has 0 bridgehead atoms. The van der Waals surface area contributed by atoms with E-state index in [1.54, 1.807) is 0 Å². The van der Waals surface area contributed by atoms with E-state index in [9.17, 15) is 0 Å². The predicted octanol–water partition coefficient (Wildman–Crippen LogP) is 3.07. The molecule has 1 aromatic heterocycles. The monoisotopic (exact) mass is 257 g/mol. The van der Waals surface area contributed by atoms with Gasteiger partial charge in [0.25, 0.3) is 0 Å². The Morgan fingerprint density at radius 1 is 1.21 bits per heavy atom. The van der Waals surface area contributed by atoms with Gasteiger partial charge in [0.05, 0.1) is 18.1 Å². The van der Waals surface area contributed by atoms with Gasteiger partial charge < -0.3 is 9.88 Å². The van der Waals surface area contributed by atoms with E-state index in [2.05, 4.69) is 54.6 Å². The Morgan fingerprint density at radius 2 is 1.95 bits per heavy atom. The molecular formula is C16H23N3. The highest BCUT2D eigenvalue weighted by Crippen LogP contribution is 2.21. The number of hydrogen-bond donors (Lipinski definition) is 1. The van der Waals surface area contributed by atoms with Crippen molar-refractivity contribution in [3.8, 4) is 0 Å². The van der Waals surface area contributed by atoms with Crippen LogP contribution in [0.1, 0.15) is 43.1 Å². The molecule has 2 rings (SSSR count). The van der Waals surface area contributed by atoms with E-state index in [1.165, 1.54) is 11.1 Å². The number of rotatable bonds is 6. The maximum atomic E-state index is 4.49. The van der Waals surface area contributed by atoms with Crippen LogP contribution in [0.2, 0.25) is 0 Å². The van der Waals surface area contributed by atoms with E-state index in [0.717, 1.165) is 25.1 Å². The van der Waals surface area contributed by atoms with Crippen LogP contribution in [0, 0.1) is 0 Å². The van der Waals surface area contributed by atoms with Gasteiger partial charge in [-0.25, -0.2) is 4.98 Å². The van der Waals surface area contributed by atoms with Crippen molar-refractivity contribution >= 4 is 0 Å². The first-order chi connectivity index (χ1) is 9.24. The summed E-state index contributed by atoms with van der Waals surface area (Å²) < 4.78 is 2.00. The number of aromatic nitrogens is 2. The summed E-state index contributed by atoms with van der Waals surface area (Å²) in [6, 6.07) is 9.02. The third-order valence-electron chi connectivity index (χ3n) is 3.34. The highest BCUT2D eigenvalue weighted by atomic mass is 15.0. The Hall–Kier alpha value is -1.61. The summed E-state index contributed by atoms with van der Waals surface area (Å²) in [4.78, 5) is 4.49. The molecule has 3 heteroatoms. The Kier molecular flexibility index (Phi) is 4.74. The zero-order chi connectivity index (χ0) is 13.7. The van der Waals surface area contributed by atoms with E-state index >= 15 is 0 Å². The van der Waals surface area contributed by atoms with E-state index < -0.39 is 0 Å². The van der Waals surface area contributed by atoms with Crippen molar-refractivity contribution < 1.29 is 0 Å². The van der Waals surface area contributed by atoms with Gasteiger partial charge in [-0.1, -0.05) is 38.1 Å². The van der Waals surface area contributed by atoms with Gasteiger partial charge in [0.2, 0.25) is 0 Å². The summed E-state index contributed by atoms with van der Waals surface area (Å²) in [6.45, 7) is 5.36. The molecule has 0 amide bonds. The Morgan fingerprint density at radius 3 is 2.47 bits per heavy atom. The highest BCUT2D eigenvalue weighted by Gasteiger charge is 2.15. The lowest BCUT2D eigenvalue weighted by Gasteiger charge is -2.17. The molecule has 1 heterocycles. The second-order valence-corrected chi connectivity index (χ2v) is 4.95. The second-order valence-electron chi connectivity index (χ2n) is 4.95. The van der Waals surface area contributed by atoms with Crippen LogP contribution in [0.25, 0.3) is 0 Å². The van der Waals surface area contributed by atoms with Crippen LogP contribution in [-0.4, -0.2) is 16.1 Å². The first kappa shape index (κ1) is 13.8. The molecule has 0 fully saturated rings. The highest BCUT2D eigenvalue weighted by molar-refractivity contribution is 5.30. The summed E-state index contributed by atoms with van der Waals surface area (Å²) in [7, 11) is 2.01. The van der Waals surface area contributed by atoms with Crippen molar-refractivity contribution in [2.24, 2.45) is 7.05 Å². The van der Waals surface area contributed by atoms with Gasteiger partial charge in [-0.3, -0.25) is 0 Å². The minimum absolute atomic E-state index is 0.187. The molecule has 0 aliphatic carbocycles. The van der Waals surface area contributed by atoms with Gasteiger partial charge in [-0.15, -0.1) is 0 Å². The molecule has 1 N–H and O–H groups in total. The molecule has 0 saturated heterocycles. The Bertz CT molecular complexity index is 499. The van der Waals surface area contributed by atoms with Gasteiger partial charge in [0.1, 0.15) is 0 Å². The third-order valence-corrected chi connectivity index (χ3v) is 3.34. The lowest BCUT2D eigenvalue weighted by molar-refractivity contribution is 0.588. The van der Waals surface area contributed by atoms with Crippen molar-refractivity contribution in [3.05, 3.63) is 53.6 Å². The third kappa shape index (κ3) is 3.44. The van der Waals surface area contributed by atoms with Gasteiger partial charge in [-0.2, -0.15) is 0 Å². The maximum Gasteiger partial charge on any atom is 0.0947 e. The van der Waals surface area contributed by atoms with Crippen molar-refractivity contribution in [1.29, 1.82) is 0 Å². The molecule has 1 unspecified atom stereocenters. The van der Waals surface area contributed by atoms with Crippen molar-refractivity contribution in [2.45, 2.75) is 32.7 Å². The molecule has 0 aliphatic rings. The molecule has 19 heavy (non-hydrogen) atoms. The SMILES string of the molecule is CCCNC(c1ccc(CC)cc1)c1cn(C)cn1. The smallest absolute Gasteiger partial charge is 0.0947 e. The van der Waals surface area contributed by atoms with Crippen LogP contribution in [0.15, 0.2) is 36.8 Å². The molecule has 0 saturated carbocycles. The zero-order valence-electron chi connectivity index (χ0n) is 12.1. The molecule has 0 spiro atoms. The van der Waals surface area contributed by atoms with E-state index in [-0.39, 0.29) is 6.04 Å². The number of nitrogens with one attached hydrogen (secondary N) is 1. The summed E-state index contributed by atoms with van der Waals surface area (Å²) in [5.74, 6) is 0. The Labute approximate surface area is 115 Å². The number of benzene rings is 1. The summed E-state index contributed by atoms with van der Waals surface area (Å²) in [6.07, 6.45) is 6.14. The zero-order valence-corrected chi connectivity index (χ0v) is 12.1. The van der Waals surface area contributed by atoms with Crippen LogP contribution in [0.3, 0.4) is 0 Å². The maximum absolute atomic E-state index is 4.49. The molecule has 0 radical (unpaired) electrons. The van der Waals surface area contributed by atoms with Crippen LogP contribution < -0.4 is 5.32 Å². The van der Waals surface area contributed by atoms with Crippen LogP contribution >= 0.6 is 0 Å². The summed E-state index contributed by atoms with van der Waals surface area (Å²) >= 11 is 0. The molecular weight excluding hydrogens is 234 g/mol. The topological polar surface area (TPSA) is 29.9 Å². The average molecular weight is 257 g/mol. The fraction of sp³-hybridized carbons (Fsp3) is 0.438. The fourth-order valence-corrected chi connectivity index (χ4v) is 2.21. The molecule has 0 aliphatic heterocycles. The summed E-state index contributed by atoms with van der Waals surface area (Å²) in [5, 5.41) is 3.58. The van der Waals surface area contributed by atoms with Crippen LogP contribution in [0.5, 0.6) is 0 Å². The van der Waals surface area contributed by atoms with Gasteiger partial charge >= 0.3 is 0 Å². The second kappa shape index (κ2) is 6.53. The van der Waals surface area contributed by atoms with Crippen LogP contribution in [-0.2, 0) is 13.5 Å². The molecule has 1 atom stereocenters. The number of imidazole rings is 1. The minimum atomic E-state index is 0.187. The normalized spacial score (nSPS) is 12.6. The first-order valence-corrected chi connectivity index (χ1v) is 7.04. The number of hydrogen-bond acceptors (Lipinski definition) is 2. The molecule has 3 nitrogen and oxygen atoms in total. The lowest BCUT2D eigenvalue weighted by atomic mass is 10.0. The van der Waals surface area contributed by atoms with Gasteiger partial charge in [0.15, 0.2) is 0 Å². The van der Waals surface area contributed by atoms with Crippen molar-refractivity contribution in [3.63, 3.8) is 0 Å². The fourth-order valence-electron chi connectivity index (χ4n) is 2.21. The first-order valence-electron chi connectivity index (χ1n) is 7.04. The van der Waals surface area contributed by atoms with Crippen molar-refractivity contribution in [2.75, 3.05) is 6.54 Å². The molecule has 102 valence electrons. The van der Waals surface area contributed by atoms with Crippen molar-refractivity contribution in [1.82, 2.24) is 14.9 Å². The van der Waals surface area contributed by atoms with Gasteiger partial charge in [0, 0.05) is 13.2 Å². The van der Waals surface area contributed by atoms with Gasteiger partial charge in [-0.05, 0) is 30.5 Å². The van der Waals surface area contributed by atoms with E-state index in [4.69, 9.17) is 0 Å². The quantitative estimate of drug-likeness (QED) is 0.862. The molecule has 2 aromatic rings. The predicted molar refractivity (Wildman–Crippen MR) is 79.2 cm³/mol. The lowest BCUT2D eigenvalue weighted by Crippen LogP contribution is -2.23. The number of nitrogens with zero attached hydrogens (tertiary/aromatic N) is 2. The largest absolute Gasteiger partial charge is 0.340 e. The number of aryl methyl sites for hydroxylation is 2. The van der Waals surface area contributed by atoms with Crippen LogP contribution in [0.4, 0.5) is 0 Å². The minimum Gasteiger partial charge on any atom is -0.340 e. The standard InChI is InChI=1S/C16H23N3/c1-4-10-17-16(15-11-19(3)12-18-15)14-8-6-13(5-2)7-9-14/h6-9,11-12,16-17H,4-5,10H2,1-3H3. The Balaban J connectivity index is 2.25. The molecule has 1 aromatic carbocycles.